The third kappa shape index (κ3) is 0.843. The lowest BCUT2D eigenvalue weighted by Gasteiger charge is -2.67. The maximum atomic E-state index is 11.6. The van der Waals surface area contributed by atoms with Gasteiger partial charge < -0.3 is 14.2 Å². The normalized spacial score (nSPS) is 58.3. The minimum Gasteiger partial charge on any atom is -0.432 e. The van der Waals surface area contributed by atoms with Crippen LogP contribution in [-0.2, 0) is 19.0 Å². The van der Waals surface area contributed by atoms with Crippen molar-refractivity contribution in [3.63, 3.8) is 0 Å². The molecule has 0 unspecified atom stereocenters. The van der Waals surface area contributed by atoms with Crippen LogP contribution < -0.4 is 0 Å². The Labute approximate surface area is 94.2 Å². The van der Waals surface area contributed by atoms with Gasteiger partial charge >= 0.3 is 5.97 Å². The fourth-order valence-corrected chi connectivity index (χ4v) is 4.22. The van der Waals surface area contributed by atoms with E-state index in [0.717, 1.165) is 25.7 Å². The molecular formula is C12H16O4. The second-order valence-corrected chi connectivity index (χ2v) is 5.71. The zero-order valence-electron chi connectivity index (χ0n) is 9.40. The summed E-state index contributed by atoms with van der Waals surface area (Å²) in [4.78, 5) is 11.6. The quantitative estimate of drug-likeness (QED) is 0.586. The molecule has 0 radical (unpaired) electrons. The monoisotopic (exact) mass is 224 g/mol. The molecule has 1 saturated carbocycles. The molecular weight excluding hydrogens is 208 g/mol. The summed E-state index contributed by atoms with van der Waals surface area (Å²) >= 11 is 0. The van der Waals surface area contributed by atoms with Gasteiger partial charge in [-0.1, -0.05) is 6.92 Å². The van der Waals surface area contributed by atoms with E-state index in [0.29, 0.717) is 12.3 Å². The number of esters is 1. The van der Waals surface area contributed by atoms with Crippen LogP contribution in [0, 0.1) is 11.3 Å². The Morgan fingerprint density at radius 3 is 3.19 bits per heavy atom. The summed E-state index contributed by atoms with van der Waals surface area (Å²) in [5.74, 6) is -0.382. The van der Waals surface area contributed by atoms with Crippen molar-refractivity contribution in [2.24, 2.45) is 11.3 Å². The Hall–Kier alpha value is -0.610. The summed E-state index contributed by atoms with van der Waals surface area (Å²) in [6.45, 7) is 2.18. The standard InChI is InChI=1S/C12H16O4/c1-11-7-5-9(13)15-12(11)4-2-3-8(11)14-10(6-7)16-12/h7-8,10H,2-6H2,1H3/t7-,8-,10+,11-,12+/m0/s1. The molecule has 0 spiro atoms. The van der Waals surface area contributed by atoms with E-state index >= 15 is 0 Å². The molecule has 5 atom stereocenters. The topological polar surface area (TPSA) is 44.8 Å². The largest absolute Gasteiger partial charge is 0.432 e. The zero-order valence-corrected chi connectivity index (χ0v) is 9.40. The molecule has 16 heavy (non-hydrogen) atoms. The highest BCUT2D eigenvalue weighted by molar-refractivity contribution is 5.72. The first-order chi connectivity index (χ1) is 7.64. The van der Waals surface area contributed by atoms with Crippen molar-refractivity contribution in [3.8, 4) is 0 Å². The molecule has 4 saturated heterocycles. The molecule has 1 aliphatic carbocycles. The van der Waals surface area contributed by atoms with Gasteiger partial charge in [-0.15, -0.1) is 0 Å². The second kappa shape index (κ2) is 2.62. The number of hydrogen-bond donors (Lipinski definition) is 0. The summed E-state index contributed by atoms with van der Waals surface area (Å²) < 4.78 is 17.4. The SMILES string of the molecule is C[C@@]12[C@H]3CC(=O)O[C@@]14CCC[C@@H]2O[C@@H](C3)O4. The van der Waals surface area contributed by atoms with Gasteiger partial charge in [0.15, 0.2) is 6.29 Å². The van der Waals surface area contributed by atoms with Gasteiger partial charge in [0, 0.05) is 19.3 Å². The summed E-state index contributed by atoms with van der Waals surface area (Å²) in [5, 5.41) is 0. The Kier molecular flexibility index (Phi) is 1.54. The first-order valence-corrected chi connectivity index (χ1v) is 6.19. The van der Waals surface area contributed by atoms with Crippen LogP contribution in [0.25, 0.3) is 0 Å². The summed E-state index contributed by atoms with van der Waals surface area (Å²) in [6.07, 6.45) is 4.39. The van der Waals surface area contributed by atoms with Gasteiger partial charge in [0.05, 0.1) is 11.5 Å². The number of rotatable bonds is 0. The van der Waals surface area contributed by atoms with Gasteiger partial charge in [0.2, 0.25) is 5.79 Å². The number of carbonyl (C=O) groups is 1. The highest BCUT2D eigenvalue weighted by atomic mass is 16.8. The number of carbonyl (C=O) groups excluding carboxylic acids is 1. The molecule has 0 N–H and O–H groups in total. The zero-order chi connectivity index (χ0) is 11.0. The predicted molar refractivity (Wildman–Crippen MR) is 53.3 cm³/mol. The van der Waals surface area contributed by atoms with Gasteiger partial charge in [-0.05, 0) is 18.8 Å². The van der Waals surface area contributed by atoms with Crippen molar-refractivity contribution in [1.29, 1.82) is 0 Å². The van der Waals surface area contributed by atoms with Crippen molar-refractivity contribution >= 4 is 5.97 Å². The van der Waals surface area contributed by atoms with Crippen molar-refractivity contribution < 1.29 is 19.0 Å². The van der Waals surface area contributed by atoms with Gasteiger partial charge in [0.25, 0.3) is 0 Å². The molecule has 4 nitrogen and oxygen atoms in total. The van der Waals surface area contributed by atoms with Crippen LogP contribution in [0.15, 0.2) is 0 Å². The van der Waals surface area contributed by atoms with Crippen molar-refractivity contribution in [1.82, 2.24) is 0 Å². The Morgan fingerprint density at radius 1 is 1.44 bits per heavy atom. The predicted octanol–water partition coefficient (Wildman–Crippen LogP) is 1.58. The van der Waals surface area contributed by atoms with Crippen molar-refractivity contribution in [3.05, 3.63) is 0 Å². The Bertz CT molecular complexity index is 368. The molecule has 5 aliphatic rings. The molecule has 0 amide bonds. The van der Waals surface area contributed by atoms with Crippen LogP contribution in [0.1, 0.15) is 39.0 Å². The van der Waals surface area contributed by atoms with Crippen LogP contribution in [0.3, 0.4) is 0 Å². The van der Waals surface area contributed by atoms with E-state index in [1.807, 2.05) is 0 Å². The summed E-state index contributed by atoms with van der Waals surface area (Å²) in [5.41, 5.74) is -0.117. The third-order valence-electron chi connectivity index (χ3n) is 5.12. The molecule has 0 aromatic carbocycles. The van der Waals surface area contributed by atoms with E-state index in [2.05, 4.69) is 6.92 Å². The Balaban J connectivity index is 1.88. The van der Waals surface area contributed by atoms with E-state index in [1.165, 1.54) is 0 Å². The van der Waals surface area contributed by atoms with Crippen LogP contribution in [0.4, 0.5) is 0 Å². The maximum Gasteiger partial charge on any atom is 0.308 e. The summed E-state index contributed by atoms with van der Waals surface area (Å²) in [6, 6.07) is 0. The van der Waals surface area contributed by atoms with Gasteiger partial charge in [0.1, 0.15) is 0 Å². The molecule has 4 heterocycles. The average molecular weight is 224 g/mol. The van der Waals surface area contributed by atoms with Gasteiger partial charge in [-0.2, -0.15) is 0 Å². The van der Waals surface area contributed by atoms with Gasteiger partial charge in [-0.25, -0.2) is 0 Å². The molecule has 5 fully saturated rings. The molecule has 4 aliphatic heterocycles. The van der Waals surface area contributed by atoms with E-state index < -0.39 is 5.79 Å². The molecule has 0 aromatic heterocycles. The molecule has 4 heteroatoms. The highest BCUT2D eigenvalue weighted by Gasteiger charge is 2.72. The number of hydrogen-bond acceptors (Lipinski definition) is 4. The van der Waals surface area contributed by atoms with E-state index in [1.54, 1.807) is 0 Å². The van der Waals surface area contributed by atoms with E-state index in [4.69, 9.17) is 14.2 Å². The molecule has 5 rings (SSSR count). The lowest BCUT2D eigenvalue weighted by molar-refractivity contribution is -0.470. The fraction of sp³-hybridized carbons (Fsp3) is 0.917. The first kappa shape index (κ1) is 9.42. The van der Waals surface area contributed by atoms with E-state index in [9.17, 15) is 4.79 Å². The number of ether oxygens (including phenoxy) is 3. The van der Waals surface area contributed by atoms with Crippen LogP contribution in [0.5, 0.6) is 0 Å². The van der Waals surface area contributed by atoms with Crippen LogP contribution >= 0.6 is 0 Å². The highest BCUT2D eigenvalue weighted by Crippen LogP contribution is 2.64. The van der Waals surface area contributed by atoms with Crippen LogP contribution in [0.2, 0.25) is 0 Å². The average Bonchev–Trinajstić information content (AvgIpc) is 2.16. The maximum absolute atomic E-state index is 11.6. The third-order valence-corrected chi connectivity index (χ3v) is 5.12. The lowest BCUT2D eigenvalue weighted by Crippen LogP contribution is -2.74. The Morgan fingerprint density at radius 2 is 2.31 bits per heavy atom. The molecule has 0 aromatic rings. The van der Waals surface area contributed by atoms with Crippen LogP contribution in [-0.4, -0.2) is 24.2 Å². The smallest absolute Gasteiger partial charge is 0.308 e. The van der Waals surface area contributed by atoms with Crippen molar-refractivity contribution in [2.75, 3.05) is 0 Å². The summed E-state index contributed by atoms with van der Waals surface area (Å²) in [7, 11) is 0. The fourth-order valence-electron chi connectivity index (χ4n) is 4.22. The second-order valence-electron chi connectivity index (χ2n) is 5.71. The van der Waals surface area contributed by atoms with Crippen molar-refractivity contribution in [2.45, 2.75) is 57.2 Å². The molecule has 88 valence electrons. The molecule has 5 bridgehead atoms. The minimum atomic E-state index is -0.670. The van der Waals surface area contributed by atoms with Gasteiger partial charge in [-0.3, -0.25) is 4.79 Å². The van der Waals surface area contributed by atoms with E-state index in [-0.39, 0.29) is 23.8 Å². The first-order valence-electron chi connectivity index (χ1n) is 6.19. The lowest BCUT2D eigenvalue weighted by atomic mass is 9.55. The minimum absolute atomic E-state index is 0.0940.